The average molecular weight is 500 g/mol. The lowest BCUT2D eigenvalue weighted by Gasteiger charge is -2.27. The monoisotopic (exact) mass is 499 g/mol. The van der Waals surface area contributed by atoms with Gasteiger partial charge in [-0.2, -0.15) is 0 Å². The molecule has 2 aromatic carbocycles. The number of nitrogen functional groups attached to an aromatic ring is 1. The maximum Gasteiger partial charge on any atom is 0.329 e. The van der Waals surface area contributed by atoms with Crippen LogP contribution < -0.4 is 16.0 Å². The van der Waals surface area contributed by atoms with Crippen molar-refractivity contribution < 1.29 is 14.3 Å². The van der Waals surface area contributed by atoms with Gasteiger partial charge in [-0.3, -0.25) is 15.1 Å². The van der Waals surface area contributed by atoms with Gasteiger partial charge in [0.25, 0.3) is 5.91 Å². The van der Waals surface area contributed by atoms with Crippen LogP contribution in [-0.4, -0.2) is 44.9 Å². The molecule has 1 amide bonds. The number of fused-ring (bicyclic) bond motifs is 1. The fourth-order valence-electron chi connectivity index (χ4n) is 3.97. The van der Waals surface area contributed by atoms with E-state index in [2.05, 4.69) is 10.3 Å². The molecule has 10 heteroatoms. The lowest BCUT2D eigenvalue weighted by atomic mass is 10.1. The number of benzene rings is 2. The molecule has 4 aromatic rings. The number of pyridine rings is 1. The Labute approximate surface area is 214 Å². The number of nitrogens with one attached hydrogen (secondary N) is 2. The van der Waals surface area contributed by atoms with Crippen molar-refractivity contribution >= 4 is 40.3 Å². The quantitative estimate of drug-likeness (QED) is 0.182. The van der Waals surface area contributed by atoms with Crippen molar-refractivity contribution in [2.75, 3.05) is 16.8 Å². The highest BCUT2D eigenvalue weighted by molar-refractivity contribution is 6.10. The summed E-state index contributed by atoms with van der Waals surface area (Å²) in [5.41, 5.74) is 8.94. The molecule has 0 saturated carbocycles. The van der Waals surface area contributed by atoms with Crippen LogP contribution >= 0.6 is 0 Å². The van der Waals surface area contributed by atoms with Crippen LogP contribution in [0.1, 0.15) is 35.6 Å². The Morgan fingerprint density at radius 1 is 1.14 bits per heavy atom. The Bertz CT molecular complexity index is 1430. The summed E-state index contributed by atoms with van der Waals surface area (Å²) >= 11 is 0. The third-order valence-electron chi connectivity index (χ3n) is 6.00. The van der Waals surface area contributed by atoms with Gasteiger partial charge < -0.3 is 20.4 Å². The predicted octanol–water partition coefficient (Wildman–Crippen LogP) is 3.46. The second kappa shape index (κ2) is 10.9. The molecule has 190 valence electrons. The fraction of sp³-hybridized carbons (Fsp3) is 0.222. The summed E-state index contributed by atoms with van der Waals surface area (Å²) in [6, 6.07) is 16.9. The topological polar surface area (TPSA) is 139 Å². The van der Waals surface area contributed by atoms with E-state index in [9.17, 15) is 9.59 Å². The molecule has 2 heterocycles. The van der Waals surface area contributed by atoms with Crippen LogP contribution in [0, 0.1) is 5.41 Å². The number of hydrogen-bond acceptors (Lipinski definition) is 7. The molecule has 0 aliphatic heterocycles. The molecule has 10 nitrogen and oxygen atoms in total. The lowest BCUT2D eigenvalue weighted by molar-refractivity contribution is -0.144. The van der Waals surface area contributed by atoms with Crippen LogP contribution in [0.4, 0.5) is 11.5 Å². The number of amides is 1. The molecule has 4 rings (SSSR count). The van der Waals surface area contributed by atoms with Crippen LogP contribution in [0.5, 0.6) is 0 Å². The number of rotatable bonds is 9. The van der Waals surface area contributed by atoms with Gasteiger partial charge in [0.2, 0.25) is 0 Å². The van der Waals surface area contributed by atoms with Crippen molar-refractivity contribution in [1.82, 2.24) is 14.5 Å². The molecule has 0 aliphatic rings. The summed E-state index contributed by atoms with van der Waals surface area (Å²) in [5, 5.41) is 10.8. The van der Waals surface area contributed by atoms with E-state index in [1.54, 1.807) is 62.5 Å². The van der Waals surface area contributed by atoms with Gasteiger partial charge in [-0.15, -0.1) is 0 Å². The molecule has 0 fully saturated rings. The molecule has 0 bridgehead atoms. The first-order valence-corrected chi connectivity index (χ1v) is 11.8. The van der Waals surface area contributed by atoms with Gasteiger partial charge in [0, 0.05) is 30.1 Å². The highest BCUT2D eigenvalue weighted by Crippen LogP contribution is 2.23. The smallest absolute Gasteiger partial charge is 0.329 e. The third kappa shape index (κ3) is 5.43. The summed E-state index contributed by atoms with van der Waals surface area (Å²) in [6.45, 7) is 4.01. The highest BCUT2D eigenvalue weighted by Gasteiger charge is 2.30. The first-order valence-electron chi connectivity index (χ1n) is 11.8. The molecule has 4 N–H and O–H groups in total. The number of hydrogen-bond donors (Lipinski definition) is 3. The van der Waals surface area contributed by atoms with E-state index in [1.807, 2.05) is 29.8 Å². The van der Waals surface area contributed by atoms with E-state index in [-0.39, 0.29) is 18.3 Å². The number of carbonyl (C=O) groups is 2. The minimum atomic E-state index is -0.865. The Morgan fingerprint density at radius 2 is 1.86 bits per heavy atom. The number of amidine groups is 1. The van der Waals surface area contributed by atoms with Crippen molar-refractivity contribution in [2.45, 2.75) is 26.4 Å². The normalized spacial score (nSPS) is 11.6. The van der Waals surface area contributed by atoms with Crippen molar-refractivity contribution in [3.8, 4) is 0 Å². The number of anilines is 2. The lowest BCUT2D eigenvalue weighted by Crippen LogP contribution is -2.44. The van der Waals surface area contributed by atoms with E-state index >= 15 is 0 Å². The van der Waals surface area contributed by atoms with Gasteiger partial charge in [-0.1, -0.05) is 6.07 Å². The van der Waals surface area contributed by atoms with Crippen LogP contribution in [0.25, 0.3) is 11.0 Å². The van der Waals surface area contributed by atoms with E-state index in [4.69, 9.17) is 20.9 Å². The van der Waals surface area contributed by atoms with Crippen molar-refractivity contribution in [3.05, 3.63) is 83.8 Å². The standard InChI is InChI=1S/C27H29N7O3/c1-4-37-27(36)17(2)34(23-7-5-6-14-30-23)26(35)19-10-13-22-21(15-19)32-24(33(22)3)16-31-20-11-8-18(9-12-20)25(28)29/h5-15,17,31H,4,16H2,1-3H3,(H3,28,29). The zero-order valence-corrected chi connectivity index (χ0v) is 20.9. The minimum Gasteiger partial charge on any atom is -0.464 e. The van der Waals surface area contributed by atoms with Crippen LogP contribution in [0.2, 0.25) is 0 Å². The van der Waals surface area contributed by atoms with Gasteiger partial charge in [-0.25, -0.2) is 14.8 Å². The van der Waals surface area contributed by atoms with E-state index < -0.39 is 12.0 Å². The molecule has 0 saturated heterocycles. The minimum absolute atomic E-state index is 0.0190. The molecule has 1 atom stereocenters. The van der Waals surface area contributed by atoms with Gasteiger partial charge >= 0.3 is 5.97 Å². The molecular formula is C27H29N7O3. The zero-order chi connectivity index (χ0) is 26.5. The van der Waals surface area contributed by atoms with E-state index in [1.165, 1.54) is 4.90 Å². The van der Waals surface area contributed by atoms with Crippen molar-refractivity contribution in [3.63, 3.8) is 0 Å². The molecular weight excluding hydrogens is 470 g/mol. The Kier molecular flexibility index (Phi) is 7.47. The molecule has 1 unspecified atom stereocenters. The van der Waals surface area contributed by atoms with Gasteiger partial charge in [0.15, 0.2) is 0 Å². The van der Waals surface area contributed by atoms with Crippen molar-refractivity contribution in [1.29, 1.82) is 5.41 Å². The third-order valence-corrected chi connectivity index (χ3v) is 6.00. The summed E-state index contributed by atoms with van der Waals surface area (Å²) < 4.78 is 7.12. The van der Waals surface area contributed by atoms with Gasteiger partial charge in [0.1, 0.15) is 23.5 Å². The summed E-state index contributed by atoms with van der Waals surface area (Å²) in [5.74, 6) is 0.263. The summed E-state index contributed by atoms with van der Waals surface area (Å²) in [6.07, 6.45) is 1.57. The van der Waals surface area contributed by atoms with E-state index in [0.717, 1.165) is 17.0 Å². The van der Waals surface area contributed by atoms with Crippen molar-refractivity contribution in [2.24, 2.45) is 12.8 Å². The number of imidazole rings is 1. The maximum absolute atomic E-state index is 13.6. The Balaban J connectivity index is 1.60. The summed E-state index contributed by atoms with van der Waals surface area (Å²) in [7, 11) is 1.91. The molecule has 37 heavy (non-hydrogen) atoms. The first kappa shape index (κ1) is 25.4. The average Bonchev–Trinajstić information content (AvgIpc) is 3.23. The molecule has 0 radical (unpaired) electrons. The number of carbonyl (C=O) groups excluding carboxylic acids is 2. The highest BCUT2D eigenvalue weighted by atomic mass is 16.5. The second-order valence-electron chi connectivity index (χ2n) is 8.43. The summed E-state index contributed by atoms with van der Waals surface area (Å²) in [4.78, 5) is 36.5. The number of nitrogens with two attached hydrogens (primary N) is 1. The number of aromatic nitrogens is 3. The number of aryl methyl sites for hydroxylation is 1. The van der Waals surface area contributed by atoms with Gasteiger partial charge in [0.05, 0.1) is 24.2 Å². The Morgan fingerprint density at radius 3 is 2.51 bits per heavy atom. The Hall–Kier alpha value is -4.73. The second-order valence-corrected chi connectivity index (χ2v) is 8.43. The number of nitrogens with zero attached hydrogens (tertiary/aromatic N) is 4. The molecule has 0 spiro atoms. The predicted molar refractivity (Wildman–Crippen MR) is 143 cm³/mol. The fourth-order valence-corrected chi connectivity index (χ4v) is 3.97. The molecule has 0 aliphatic carbocycles. The van der Waals surface area contributed by atoms with Gasteiger partial charge in [-0.05, 0) is 68.4 Å². The number of esters is 1. The largest absolute Gasteiger partial charge is 0.464 e. The SMILES string of the molecule is CCOC(=O)C(C)N(C(=O)c1ccc2c(c1)nc(CNc1ccc(C(=N)N)cc1)n2C)c1ccccn1. The number of ether oxygens (including phenoxy) is 1. The first-order chi connectivity index (χ1) is 17.8. The van der Waals surface area contributed by atoms with E-state index in [0.29, 0.717) is 29.0 Å². The van der Waals surface area contributed by atoms with Crippen LogP contribution in [0.15, 0.2) is 66.9 Å². The van der Waals surface area contributed by atoms with Crippen LogP contribution in [0.3, 0.4) is 0 Å². The maximum atomic E-state index is 13.6. The molecule has 2 aromatic heterocycles. The zero-order valence-electron chi connectivity index (χ0n) is 20.9. The van der Waals surface area contributed by atoms with Crippen LogP contribution in [-0.2, 0) is 23.1 Å².